The van der Waals surface area contributed by atoms with Gasteiger partial charge in [0, 0.05) is 0 Å². The standard InChI is InChI=1S/C13H15ClFN/c14-11-8-10(6-7-12(11)15)13(16)9-4-2-1-3-5-9/h4,6-8,13H,1-3,5,16H2. The van der Waals surface area contributed by atoms with Crippen LogP contribution >= 0.6 is 11.6 Å². The first-order valence-corrected chi connectivity index (χ1v) is 5.96. The van der Waals surface area contributed by atoms with Gasteiger partial charge in [0.25, 0.3) is 0 Å². The molecular weight excluding hydrogens is 225 g/mol. The molecule has 0 aliphatic heterocycles. The van der Waals surface area contributed by atoms with Gasteiger partial charge < -0.3 is 5.73 Å². The Balaban J connectivity index is 2.22. The lowest BCUT2D eigenvalue weighted by molar-refractivity contribution is 0.623. The van der Waals surface area contributed by atoms with E-state index in [2.05, 4.69) is 6.08 Å². The molecule has 1 aliphatic carbocycles. The predicted molar refractivity (Wildman–Crippen MR) is 64.9 cm³/mol. The molecule has 1 unspecified atom stereocenters. The smallest absolute Gasteiger partial charge is 0.141 e. The lowest BCUT2D eigenvalue weighted by atomic mass is 9.90. The zero-order chi connectivity index (χ0) is 11.5. The third-order valence-corrected chi connectivity index (χ3v) is 3.32. The molecule has 1 nitrogen and oxygen atoms in total. The highest BCUT2D eigenvalue weighted by atomic mass is 35.5. The largest absolute Gasteiger partial charge is 0.321 e. The van der Waals surface area contributed by atoms with E-state index in [-0.39, 0.29) is 11.1 Å². The van der Waals surface area contributed by atoms with Crippen LogP contribution < -0.4 is 5.73 Å². The number of rotatable bonds is 2. The highest BCUT2D eigenvalue weighted by Crippen LogP contribution is 2.29. The Morgan fingerprint density at radius 3 is 2.75 bits per heavy atom. The van der Waals surface area contributed by atoms with Crippen LogP contribution in [0.25, 0.3) is 0 Å². The molecule has 0 saturated heterocycles. The van der Waals surface area contributed by atoms with Crippen LogP contribution in [-0.2, 0) is 0 Å². The van der Waals surface area contributed by atoms with Gasteiger partial charge in [-0.3, -0.25) is 0 Å². The maximum atomic E-state index is 13.0. The molecule has 3 heteroatoms. The molecule has 0 fully saturated rings. The quantitative estimate of drug-likeness (QED) is 0.777. The van der Waals surface area contributed by atoms with Crippen LogP contribution in [0.4, 0.5) is 4.39 Å². The molecule has 2 rings (SSSR count). The van der Waals surface area contributed by atoms with Gasteiger partial charge in [0.15, 0.2) is 0 Å². The van der Waals surface area contributed by atoms with Crippen molar-refractivity contribution >= 4 is 11.6 Å². The molecule has 0 saturated carbocycles. The van der Waals surface area contributed by atoms with Crippen LogP contribution in [0.3, 0.4) is 0 Å². The first-order valence-electron chi connectivity index (χ1n) is 5.58. The second-order valence-electron chi connectivity index (χ2n) is 4.18. The van der Waals surface area contributed by atoms with Crippen LogP contribution in [0, 0.1) is 5.82 Å². The summed E-state index contributed by atoms with van der Waals surface area (Å²) in [4.78, 5) is 0. The van der Waals surface area contributed by atoms with Crippen molar-refractivity contribution in [2.24, 2.45) is 5.73 Å². The third-order valence-electron chi connectivity index (χ3n) is 3.03. The first-order chi connectivity index (χ1) is 7.68. The molecular formula is C13H15ClFN. The summed E-state index contributed by atoms with van der Waals surface area (Å²) in [6, 6.07) is 4.57. The number of hydrogen-bond acceptors (Lipinski definition) is 1. The van der Waals surface area contributed by atoms with Crippen LogP contribution in [-0.4, -0.2) is 0 Å². The summed E-state index contributed by atoms with van der Waals surface area (Å²) in [6.07, 6.45) is 6.76. The Bertz CT molecular complexity index is 414. The molecule has 1 aromatic carbocycles. The second kappa shape index (κ2) is 4.98. The van der Waals surface area contributed by atoms with Gasteiger partial charge in [0.1, 0.15) is 5.82 Å². The number of allylic oxidation sites excluding steroid dienone is 1. The van der Waals surface area contributed by atoms with E-state index in [1.54, 1.807) is 12.1 Å². The molecule has 0 bridgehead atoms. The molecule has 0 radical (unpaired) electrons. The van der Waals surface area contributed by atoms with E-state index in [0.29, 0.717) is 0 Å². The van der Waals surface area contributed by atoms with Crippen molar-refractivity contribution in [2.75, 3.05) is 0 Å². The predicted octanol–water partition coefficient (Wildman–Crippen LogP) is 3.98. The zero-order valence-electron chi connectivity index (χ0n) is 9.05. The molecule has 0 aromatic heterocycles. The molecule has 86 valence electrons. The molecule has 1 aliphatic rings. The maximum Gasteiger partial charge on any atom is 0.141 e. The monoisotopic (exact) mass is 239 g/mol. The highest BCUT2D eigenvalue weighted by Gasteiger charge is 2.15. The van der Waals surface area contributed by atoms with E-state index in [1.165, 1.54) is 24.5 Å². The average molecular weight is 240 g/mol. The molecule has 16 heavy (non-hydrogen) atoms. The Kier molecular flexibility index (Phi) is 3.62. The summed E-state index contributed by atoms with van der Waals surface area (Å²) in [5.74, 6) is -0.393. The Morgan fingerprint density at radius 2 is 2.12 bits per heavy atom. The molecule has 1 aromatic rings. The normalized spacial score (nSPS) is 18.1. The second-order valence-corrected chi connectivity index (χ2v) is 4.58. The van der Waals surface area contributed by atoms with E-state index in [9.17, 15) is 4.39 Å². The van der Waals surface area contributed by atoms with Crippen molar-refractivity contribution in [2.45, 2.75) is 31.7 Å². The van der Waals surface area contributed by atoms with Crippen molar-refractivity contribution in [3.63, 3.8) is 0 Å². The van der Waals surface area contributed by atoms with Crippen LogP contribution in [0.15, 0.2) is 29.8 Å². The van der Waals surface area contributed by atoms with Crippen LogP contribution in [0.1, 0.15) is 37.3 Å². The van der Waals surface area contributed by atoms with E-state index in [1.807, 2.05) is 0 Å². The molecule has 0 heterocycles. The van der Waals surface area contributed by atoms with E-state index >= 15 is 0 Å². The fourth-order valence-electron chi connectivity index (χ4n) is 2.07. The number of nitrogens with two attached hydrogens (primary N) is 1. The lowest BCUT2D eigenvalue weighted by Gasteiger charge is -2.20. The van der Waals surface area contributed by atoms with E-state index in [4.69, 9.17) is 17.3 Å². The van der Waals surface area contributed by atoms with Crippen molar-refractivity contribution in [1.82, 2.24) is 0 Å². The maximum absolute atomic E-state index is 13.0. The Morgan fingerprint density at radius 1 is 1.31 bits per heavy atom. The van der Waals surface area contributed by atoms with Crippen molar-refractivity contribution in [1.29, 1.82) is 0 Å². The van der Waals surface area contributed by atoms with Gasteiger partial charge in [0.05, 0.1) is 11.1 Å². The average Bonchev–Trinajstić information content (AvgIpc) is 2.33. The highest BCUT2D eigenvalue weighted by molar-refractivity contribution is 6.30. The Hall–Kier alpha value is -0.860. The minimum atomic E-state index is -0.393. The van der Waals surface area contributed by atoms with Gasteiger partial charge in [-0.2, -0.15) is 0 Å². The van der Waals surface area contributed by atoms with Gasteiger partial charge in [-0.05, 0) is 43.4 Å². The van der Waals surface area contributed by atoms with Gasteiger partial charge >= 0.3 is 0 Å². The summed E-state index contributed by atoms with van der Waals surface area (Å²) in [5.41, 5.74) is 8.27. The van der Waals surface area contributed by atoms with Crippen LogP contribution in [0.5, 0.6) is 0 Å². The summed E-state index contributed by atoms with van der Waals surface area (Å²) in [5, 5.41) is 0.143. The summed E-state index contributed by atoms with van der Waals surface area (Å²) in [7, 11) is 0. The summed E-state index contributed by atoms with van der Waals surface area (Å²) >= 11 is 5.75. The van der Waals surface area contributed by atoms with Gasteiger partial charge in [0.2, 0.25) is 0 Å². The molecule has 0 spiro atoms. The minimum Gasteiger partial charge on any atom is -0.321 e. The topological polar surface area (TPSA) is 26.0 Å². The van der Waals surface area contributed by atoms with Crippen molar-refractivity contribution in [3.8, 4) is 0 Å². The van der Waals surface area contributed by atoms with Crippen molar-refractivity contribution < 1.29 is 4.39 Å². The zero-order valence-corrected chi connectivity index (χ0v) is 9.80. The third kappa shape index (κ3) is 2.45. The Labute approximate surface area is 100 Å². The fraction of sp³-hybridized carbons (Fsp3) is 0.385. The van der Waals surface area contributed by atoms with Gasteiger partial charge in [-0.1, -0.05) is 29.3 Å². The van der Waals surface area contributed by atoms with Crippen LogP contribution in [0.2, 0.25) is 5.02 Å². The number of benzene rings is 1. The van der Waals surface area contributed by atoms with Crippen molar-refractivity contribution in [3.05, 3.63) is 46.3 Å². The van der Waals surface area contributed by atoms with Gasteiger partial charge in [-0.15, -0.1) is 0 Å². The summed E-state index contributed by atoms with van der Waals surface area (Å²) in [6.45, 7) is 0. The first kappa shape index (κ1) is 11.6. The number of halogens is 2. The molecule has 0 amide bonds. The SMILES string of the molecule is NC(C1=CCCCC1)c1ccc(F)c(Cl)c1. The van der Waals surface area contributed by atoms with E-state index < -0.39 is 5.82 Å². The number of hydrogen-bond donors (Lipinski definition) is 1. The lowest BCUT2D eigenvalue weighted by Crippen LogP contribution is -2.15. The fourth-order valence-corrected chi connectivity index (χ4v) is 2.25. The van der Waals surface area contributed by atoms with Gasteiger partial charge in [-0.25, -0.2) is 4.39 Å². The minimum absolute atomic E-state index is 0.140. The summed E-state index contributed by atoms with van der Waals surface area (Å²) < 4.78 is 13.0. The molecule has 1 atom stereocenters. The molecule has 2 N–H and O–H groups in total. The van der Waals surface area contributed by atoms with E-state index in [0.717, 1.165) is 18.4 Å².